The number of nitrogens with two attached hydrogens (primary N) is 1. The molecule has 1 fully saturated rings. The van der Waals surface area contributed by atoms with Gasteiger partial charge in [-0.2, -0.15) is 0 Å². The van der Waals surface area contributed by atoms with Crippen LogP contribution < -0.4 is 11.1 Å². The number of halogens is 2. The molecule has 3 amide bonds. The molecular weight excluding hydrogens is 492 g/mol. The van der Waals surface area contributed by atoms with Crippen LogP contribution in [0.15, 0.2) is 78.9 Å². The molecule has 4 N–H and O–H groups in total. The SMILES string of the molecule is C[C@H](N)C(=O)N(C(=O)[C@H](O)c1cc(F)cc(F)c1)[C@@H]1C(=O)N[C@H](c2ccccc2)CC[C@@H]1c1ccccc1. The summed E-state index contributed by atoms with van der Waals surface area (Å²) in [5.41, 5.74) is 7.06. The van der Waals surface area contributed by atoms with Crippen LogP contribution in [0.4, 0.5) is 8.78 Å². The molecule has 0 unspecified atom stereocenters. The molecule has 38 heavy (non-hydrogen) atoms. The molecule has 3 aromatic carbocycles. The van der Waals surface area contributed by atoms with Crippen LogP contribution in [-0.4, -0.2) is 39.8 Å². The average Bonchev–Trinajstić information content (AvgIpc) is 3.07. The monoisotopic (exact) mass is 521 g/mol. The molecule has 3 aromatic rings. The topological polar surface area (TPSA) is 113 Å². The van der Waals surface area contributed by atoms with Gasteiger partial charge in [0.15, 0.2) is 6.10 Å². The van der Waals surface area contributed by atoms with E-state index in [1.54, 1.807) is 30.3 Å². The van der Waals surface area contributed by atoms with Gasteiger partial charge in [0, 0.05) is 12.0 Å². The van der Waals surface area contributed by atoms with Crippen LogP contribution in [0.3, 0.4) is 0 Å². The predicted octanol–water partition coefficient (Wildman–Crippen LogP) is 3.50. The van der Waals surface area contributed by atoms with Crippen LogP contribution in [0.2, 0.25) is 0 Å². The summed E-state index contributed by atoms with van der Waals surface area (Å²) in [5, 5.41) is 13.8. The molecule has 7 nitrogen and oxygen atoms in total. The van der Waals surface area contributed by atoms with E-state index in [-0.39, 0.29) is 11.6 Å². The van der Waals surface area contributed by atoms with Crippen molar-refractivity contribution in [1.29, 1.82) is 0 Å². The number of nitrogens with one attached hydrogen (secondary N) is 1. The van der Waals surface area contributed by atoms with E-state index in [0.717, 1.165) is 17.7 Å². The van der Waals surface area contributed by atoms with Gasteiger partial charge in [0.1, 0.15) is 17.7 Å². The Morgan fingerprint density at radius 1 is 0.921 bits per heavy atom. The molecule has 4 rings (SSSR count). The summed E-state index contributed by atoms with van der Waals surface area (Å²) >= 11 is 0. The fourth-order valence-electron chi connectivity index (χ4n) is 4.91. The molecule has 0 saturated carbocycles. The second-order valence-electron chi connectivity index (χ2n) is 9.45. The van der Waals surface area contributed by atoms with Gasteiger partial charge in [-0.15, -0.1) is 0 Å². The van der Waals surface area contributed by atoms with E-state index in [1.165, 1.54) is 6.92 Å². The molecule has 0 spiro atoms. The number of amides is 3. The lowest BCUT2D eigenvalue weighted by Gasteiger charge is -2.35. The zero-order chi connectivity index (χ0) is 27.4. The zero-order valence-electron chi connectivity index (χ0n) is 20.8. The van der Waals surface area contributed by atoms with Gasteiger partial charge in [-0.3, -0.25) is 19.3 Å². The normalized spacial score (nSPS) is 21.1. The van der Waals surface area contributed by atoms with Gasteiger partial charge in [0.05, 0.1) is 12.1 Å². The van der Waals surface area contributed by atoms with Crippen LogP contribution >= 0.6 is 0 Å². The molecule has 1 heterocycles. The van der Waals surface area contributed by atoms with Crippen molar-refractivity contribution in [2.75, 3.05) is 0 Å². The highest BCUT2D eigenvalue weighted by Crippen LogP contribution is 2.36. The summed E-state index contributed by atoms with van der Waals surface area (Å²) < 4.78 is 27.7. The van der Waals surface area contributed by atoms with Gasteiger partial charge in [0.2, 0.25) is 11.8 Å². The van der Waals surface area contributed by atoms with Crippen molar-refractivity contribution < 1.29 is 28.3 Å². The Morgan fingerprint density at radius 2 is 1.47 bits per heavy atom. The van der Waals surface area contributed by atoms with E-state index in [9.17, 15) is 28.3 Å². The highest BCUT2D eigenvalue weighted by atomic mass is 19.1. The van der Waals surface area contributed by atoms with Gasteiger partial charge < -0.3 is 16.2 Å². The smallest absolute Gasteiger partial charge is 0.263 e. The molecular formula is C29H29F2N3O4. The summed E-state index contributed by atoms with van der Waals surface area (Å²) in [5.74, 6) is -5.34. The summed E-state index contributed by atoms with van der Waals surface area (Å²) in [6, 6.07) is 17.5. The van der Waals surface area contributed by atoms with E-state index in [4.69, 9.17) is 5.73 Å². The van der Waals surface area contributed by atoms with Crippen molar-refractivity contribution >= 4 is 17.7 Å². The van der Waals surface area contributed by atoms with E-state index in [1.807, 2.05) is 30.3 Å². The average molecular weight is 522 g/mol. The summed E-state index contributed by atoms with van der Waals surface area (Å²) in [4.78, 5) is 41.5. The Bertz CT molecular complexity index is 1280. The quantitative estimate of drug-likeness (QED) is 0.460. The third-order valence-electron chi connectivity index (χ3n) is 6.74. The first-order valence-corrected chi connectivity index (χ1v) is 12.3. The summed E-state index contributed by atoms with van der Waals surface area (Å²) in [7, 11) is 0. The summed E-state index contributed by atoms with van der Waals surface area (Å²) in [6.45, 7) is 1.36. The standard InChI is InChI=1S/C29H29F2N3O4/c1-17(32)28(37)34(29(38)26(35)20-14-21(30)16-22(31)15-20)25-23(18-8-4-2-5-9-18)12-13-24(33-27(25)36)19-10-6-3-7-11-19/h2-11,14-17,23-26,35H,12-13,32H2,1H3,(H,33,36)/t17-,23+,24-,25-,26+/m0/s1. The third-order valence-corrected chi connectivity index (χ3v) is 6.74. The van der Waals surface area contributed by atoms with Crippen LogP contribution in [-0.2, 0) is 14.4 Å². The van der Waals surface area contributed by atoms with E-state index < -0.39 is 53.5 Å². The molecule has 0 bridgehead atoms. The Kier molecular flexibility index (Phi) is 8.29. The van der Waals surface area contributed by atoms with Crippen molar-refractivity contribution in [3.05, 3.63) is 107 Å². The fourth-order valence-corrected chi connectivity index (χ4v) is 4.91. The molecule has 1 saturated heterocycles. The molecule has 0 aliphatic carbocycles. The van der Waals surface area contributed by atoms with Gasteiger partial charge >= 0.3 is 0 Å². The lowest BCUT2D eigenvalue weighted by molar-refractivity contribution is -0.158. The number of benzene rings is 3. The maximum absolute atomic E-state index is 13.9. The fraction of sp³-hybridized carbons (Fsp3) is 0.276. The van der Waals surface area contributed by atoms with Gasteiger partial charge in [0.25, 0.3) is 5.91 Å². The van der Waals surface area contributed by atoms with Gasteiger partial charge in [-0.05, 0) is 48.6 Å². The molecule has 0 radical (unpaired) electrons. The highest BCUT2D eigenvalue weighted by Gasteiger charge is 2.45. The second-order valence-corrected chi connectivity index (χ2v) is 9.45. The number of hydrogen-bond donors (Lipinski definition) is 3. The molecule has 198 valence electrons. The number of carbonyl (C=O) groups is 3. The van der Waals surface area contributed by atoms with E-state index in [2.05, 4.69) is 5.32 Å². The molecule has 9 heteroatoms. The minimum absolute atomic E-state index is 0.385. The lowest BCUT2D eigenvalue weighted by Crippen LogP contribution is -2.58. The summed E-state index contributed by atoms with van der Waals surface area (Å²) in [6.07, 6.45) is -1.19. The lowest BCUT2D eigenvalue weighted by atomic mass is 9.85. The molecule has 5 atom stereocenters. The zero-order valence-corrected chi connectivity index (χ0v) is 20.8. The number of hydrogen-bond acceptors (Lipinski definition) is 5. The maximum Gasteiger partial charge on any atom is 0.263 e. The number of imide groups is 1. The number of aliphatic hydroxyl groups excluding tert-OH is 1. The number of carbonyl (C=O) groups excluding carboxylic acids is 3. The van der Waals surface area contributed by atoms with E-state index in [0.29, 0.717) is 29.4 Å². The minimum atomic E-state index is -2.11. The first-order chi connectivity index (χ1) is 18.2. The van der Waals surface area contributed by atoms with Crippen LogP contribution in [0.25, 0.3) is 0 Å². The van der Waals surface area contributed by atoms with Crippen molar-refractivity contribution in [2.45, 2.75) is 49.9 Å². The number of aliphatic hydroxyl groups is 1. The molecule has 1 aliphatic rings. The van der Waals surface area contributed by atoms with Crippen LogP contribution in [0.5, 0.6) is 0 Å². The number of nitrogens with zero attached hydrogens (tertiary/aromatic N) is 1. The molecule has 0 aromatic heterocycles. The van der Waals surface area contributed by atoms with Crippen LogP contribution in [0, 0.1) is 11.6 Å². The minimum Gasteiger partial charge on any atom is -0.378 e. The largest absolute Gasteiger partial charge is 0.378 e. The van der Waals surface area contributed by atoms with E-state index >= 15 is 0 Å². The van der Waals surface area contributed by atoms with Crippen molar-refractivity contribution in [3.8, 4) is 0 Å². The molecule has 1 aliphatic heterocycles. The van der Waals surface area contributed by atoms with Crippen molar-refractivity contribution in [2.24, 2.45) is 5.73 Å². The highest BCUT2D eigenvalue weighted by molar-refractivity contribution is 6.04. The Hall–Kier alpha value is -3.95. The van der Waals surface area contributed by atoms with Gasteiger partial charge in [-0.1, -0.05) is 60.7 Å². The Balaban J connectivity index is 1.80. The van der Waals surface area contributed by atoms with Crippen molar-refractivity contribution in [1.82, 2.24) is 10.2 Å². The Labute approximate surface area is 219 Å². The first-order valence-electron chi connectivity index (χ1n) is 12.3. The predicted molar refractivity (Wildman–Crippen MR) is 136 cm³/mol. The Morgan fingerprint density at radius 3 is 2.03 bits per heavy atom. The van der Waals surface area contributed by atoms with Gasteiger partial charge in [-0.25, -0.2) is 8.78 Å². The third kappa shape index (κ3) is 5.79. The number of rotatable bonds is 6. The second kappa shape index (κ2) is 11.6. The van der Waals surface area contributed by atoms with Crippen molar-refractivity contribution in [3.63, 3.8) is 0 Å². The van der Waals surface area contributed by atoms with Crippen LogP contribution in [0.1, 0.15) is 54.5 Å². The first kappa shape index (κ1) is 27.1. The maximum atomic E-state index is 13.9.